The molecule has 1 N–H and O–H groups in total. The Labute approximate surface area is 201 Å². The first-order chi connectivity index (χ1) is 16.1. The molecule has 0 aromatic heterocycles. The van der Waals surface area contributed by atoms with Gasteiger partial charge in [-0.05, 0) is 43.7 Å². The van der Waals surface area contributed by atoms with Crippen LogP contribution in [0.25, 0.3) is 0 Å². The number of hydrazone groups is 1. The molecule has 9 nitrogen and oxygen atoms in total. The predicted molar refractivity (Wildman–Crippen MR) is 131 cm³/mol. The van der Waals surface area contributed by atoms with Gasteiger partial charge >= 0.3 is 0 Å². The van der Waals surface area contributed by atoms with E-state index in [4.69, 9.17) is 11.6 Å². The van der Waals surface area contributed by atoms with E-state index in [0.717, 1.165) is 9.87 Å². The lowest BCUT2D eigenvalue weighted by atomic mass is 10.1. The number of nitrogens with one attached hydrogen (secondary N) is 1. The summed E-state index contributed by atoms with van der Waals surface area (Å²) in [5.74, 6) is -0.707. The predicted octanol–water partition coefficient (Wildman–Crippen LogP) is 4.29. The minimum absolute atomic E-state index is 0.00998. The summed E-state index contributed by atoms with van der Waals surface area (Å²) in [4.78, 5) is 23.2. The molecular formula is C23H21ClN4O5S. The molecule has 0 aliphatic carbocycles. The molecule has 3 aromatic rings. The van der Waals surface area contributed by atoms with E-state index in [0.29, 0.717) is 16.3 Å². The summed E-state index contributed by atoms with van der Waals surface area (Å²) in [5, 5.41) is 15.3. The van der Waals surface area contributed by atoms with Crippen molar-refractivity contribution >= 4 is 44.6 Å². The Morgan fingerprint density at radius 3 is 2.44 bits per heavy atom. The summed E-state index contributed by atoms with van der Waals surface area (Å²) >= 11 is 6.20. The lowest BCUT2D eigenvalue weighted by molar-refractivity contribution is -0.384. The minimum atomic E-state index is -4.09. The first-order valence-corrected chi connectivity index (χ1v) is 11.8. The summed E-state index contributed by atoms with van der Waals surface area (Å²) in [6.45, 7) is 2.78. The molecule has 0 atom stereocenters. The molecule has 0 aliphatic rings. The van der Waals surface area contributed by atoms with Crippen LogP contribution in [0.5, 0.6) is 0 Å². The highest BCUT2D eigenvalue weighted by Gasteiger charge is 2.27. The number of hydrogen-bond acceptors (Lipinski definition) is 6. The summed E-state index contributed by atoms with van der Waals surface area (Å²) in [5.41, 5.74) is 3.93. The molecule has 0 saturated heterocycles. The van der Waals surface area contributed by atoms with E-state index in [1.807, 2.05) is 0 Å². The van der Waals surface area contributed by atoms with Crippen molar-refractivity contribution in [3.63, 3.8) is 0 Å². The summed E-state index contributed by atoms with van der Waals surface area (Å²) in [6, 6.07) is 18.2. The van der Waals surface area contributed by atoms with Crippen molar-refractivity contribution in [2.45, 2.75) is 18.7 Å². The Balaban J connectivity index is 1.88. The zero-order chi connectivity index (χ0) is 24.9. The monoisotopic (exact) mass is 500 g/mol. The number of nitro benzene ring substituents is 1. The number of benzene rings is 3. The second-order valence-electron chi connectivity index (χ2n) is 7.30. The van der Waals surface area contributed by atoms with Crippen molar-refractivity contribution in [3.05, 3.63) is 99.1 Å². The topological polar surface area (TPSA) is 122 Å². The second kappa shape index (κ2) is 10.4. The van der Waals surface area contributed by atoms with Crippen LogP contribution in [-0.2, 0) is 14.8 Å². The molecule has 1 amide bonds. The van der Waals surface area contributed by atoms with Crippen LogP contribution in [-0.4, -0.2) is 31.5 Å². The minimum Gasteiger partial charge on any atom is -0.271 e. The maximum atomic E-state index is 13.3. The standard InChI is InChI=1S/C23H21ClN4O5S/c1-16-11-12-19(14-22(16)24)27(34(32,33)21-9-4-3-5-10-21)15-23(29)26-25-17(2)18-7-6-8-20(13-18)28(30)31/h3-14H,15H2,1-2H3,(H,26,29)/b25-17-. The largest absolute Gasteiger partial charge is 0.271 e. The van der Waals surface area contributed by atoms with Crippen molar-refractivity contribution in [1.29, 1.82) is 0 Å². The van der Waals surface area contributed by atoms with Crippen molar-refractivity contribution in [2.24, 2.45) is 5.10 Å². The number of amides is 1. The zero-order valence-corrected chi connectivity index (χ0v) is 19.9. The van der Waals surface area contributed by atoms with Gasteiger partial charge in [0.2, 0.25) is 0 Å². The summed E-state index contributed by atoms with van der Waals surface area (Å²) in [6.07, 6.45) is 0. The van der Waals surface area contributed by atoms with Crippen molar-refractivity contribution in [2.75, 3.05) is 10.8 Å². The number of carbonyl (C=O) groups is 1. The van der Waals surface area contributed by atoms with E-state index in [2.05, 4.69) is 10.5 Å². The molecule has 34 heavy (non-hydrogen) atoms. The van der Waals surface area contributed by atoms with Gasteiger partial charge in [0, 0.05) is 22.7 Å². The maximum Gasteiger partial charge on any atom is 0.270 e. The van der Waals surface area contributed by atoms with Crippen LogP contribution in [0.4, 0.5) is 11.4 Å². The number of aryl methyl sites for hydroxylation is 1. The molecule has 0 saturated carbocycles. The first kappa shape index (κ1) is 24.9. The second-order valence-corrected chi connectivity index (χ2v) is 9.57. The third-order valence-corrected chi connectivity index (χ3v) is 7.08. The molecule has 3 aromatic carbocycles. The fraction of sp³-hybridized carbons (Fsp3) is 0.130. The number of sulfonamides is 1. The van der Waals surface area contributed by atoms with Crippen molar-refractivity contribution < 1.29 is 18.1 Å². The number of rotatable bonds is 8. The van der Waals surface area contributed by atoms with Gasteiger partial charge < -0.3 is 0 Å². The summed E-state index contributed by atoms with van der Waals surface area (Å²) < 4.78 is 27.6. The lowest BCUT2D eigenvalue weighted by Gasteiger charge is -2.24. The average molecular weight is 501 g/mol. The van der Waals surface area contributed by atoms with E-state index < -0.39 is 27.4 Å². The first-order valence-electron chi connectivity index (χ1n) is 10.0. The number of anilines is 1. The molecular weight excluding hydrogens is 480 g/mol. The van der Waals surface area contributed by atoms with E-state index in [-0.39, 0.29) is 16.3 Å². The van der Waals surface area contributed by atoms with Crippen LogP contribution in [0, 0.1) is 17.0 Å². The van der Waals surface area contributed by atoms with Crippen LogP contribution < -0.4 is 9.73 Å². The van der Waals surface area contributed by atoms with E-state index in [1.54, 1.807) is 50.2 Å². The number of non-ortho nitro benzene ring substituents is 1. The zero-order valence-electron chi connectivity index (χ0n) is 18.3. The van der Waals surface area contributed by atoms with Crippen molar-refractivity contribution in [1.82, 2.24) is 5.43 Å². The van der Waals surface area contributed by atoms with Crippen LogP contribution in [0.1, 0.15) is 18.1 Å². The molecule has 0 heterocycles. The van der Waals surface area contributed by atoms with Gasteiger partial charge in [-0.25, -0.2) is 13.8 Å². The lowest BCUT2D eigenvalue weighted by Crippen LogP contribution is -2.39. The molecule has 3 rings (SSSR count). The van der Waals surface area contributed by atoms with Gasteiger partial charge in [-0.2, -0.15) is 5.10 Å². The highest BCUT2D eigenvalue weighted by atomic mass is 35.5. The fourth-order valence-corrected chi connectivity index (χ4v) is 4.60. The number of hydrogen-bond donors (Lipinski definition) is 1. The van der Waals surface area contributed by atoms with Gasteiger partial charge in [0.05, 0.1) is 21.2 Å². The van der Waals surface area contributed by atoms with Gasteiger partial charge in [-0.15, -0.1) is 0 Å². The fourth-order valence-electron chi connectivity index (χ4n) is 2.99. The van der Waals surface area contributed by atoms with Gasteiger partial charge in [0.25, 0.3) is 21.6 Å². The summed E-state index contributed by atoms with van der Waals surface area (Å²) in [7, 11) is -4.09. The third-order valence-electron chi connectivity index (χ3n) is 4.88. The SMILES string of the molecule is C/C(=N/NC(=O)CN(c1ccc(C)c(Cl)c1)S(=O)(=O)c1ccccc1)c1cccc([N+](=O)[O-])c1. The Hall–Kier alpha value is -3.76. The van der Waals surface area contributed by atoms with Crippen molar-refractivity contribution in [3.8, 4) is 0 Å². The van der Waals surface area contributed by atoms with Crippen LogP contribution >= 0.6 is 11.6 Å². The molecule has 0 unspecified atom stereocenters. The Bertz CT molecular complexity index is 1360. The van der Waals surface area contributed by atoms with Crippen LogP contribution in [0.15, 0.2) is 82.8 Å². The molecule has 0 bridgehead atoms. The Kier molecular flexibility index (Phi) is 7.64. The van der Waals surface area contributed by atoms with E-state index in [9.17, 15) is 23.3 Å². The molecule has 0 fully saturated rings. The van der Waals surface area contributed by atoms with E-state index >= 15 is 0 Å². The third kappa shape index (κ3) is 5.77. The molecule has 0 spiro atoms. The highest BCUT2D eigenvalue weighted by molar-refractivity contribution is 7.92. The molecule has 176 valence electrons. The van der Waals surface area contributed by atoms with E-state index in [1.165, 1.54) is 36.4 Å². The van der Waals surface area contributed by atoms with Gasteiger partial charge in [-0.1, -0.05) is 48.0 Å². The Morgan fingerprint density at radius 1 is 1.09 bits per heavy atom. The van der Waals surface area contributed by atoms with Gasteiger partial charge in [0.1, 0.15) is 6.54 Å². The smallest absolute Gasteiger partial charge is 0.270 e. The number of halogens is 1. The highest BCUT2D eigenvalue weighted by Crippen LogP contribution is 2.28. The maximum absolute atomic E-state index is 13.3. The van der Waals surface area contributed by atoms with Crippen LogP contribution in [0.3, 0.4) is 0 Å². The molecule has 11 heteroatoms. The van der Waals surface area contributed by atoms with Crippen LogP contribution in [0.2, 0.25) is 5.02 Å². The average Bonchev–Trinajstić information content (AvgIpc) is 2.83. The number of nitrogens with zero attached hydrogens (tertiary/aromatic N) is 3. The quantitative estimate of drug-likeness (QED) is 0.281. The number of nitro groups is 1. The number of carbonyl (C=O) groups excluding carboxylic acids is 1. The normalized spacial score (nSPS) is 11.7. The Morgan fingerprint density at radius 2 is 1.79 bits per heavy atom. The molecule has 0 radical (unpaired) electrons. The van der Waals surface area contributed by atoms with Gasteiger partial charge in [0.15, 0.2) is 0 Å². The molecule has 0 aliphatic heterocycles. The van der Waals surface area contributed by atoms with Gasteiger partial charge in [-0.3, -0.25) is 19.2 Å².